The van der Waals surface area contributed by atoms with E-state index in [9.17, 15) is 0 Å². The van der Waals surface area contributed by atoms with E-state index in [1.165, 1.54) is 16.8 Å². The van der Waals surface area contributed by atoms with Crippen molar-refractivity contribution >= 4 is 5.69 Å². The molecule has 1 saturated heterocycles. The van der Waals surface area contributed by atoms with E-state index in [0.717, 1.165) is 19.5 Å². The van der Waals surface area contributed by atoms with Gasteiger partial charge < -0.3 is 10.2 Å². The highest BCUT2D eigenvalue weighted by atomic mass is 15.2. The van der Waals surface area contributed by atoms with Crippen molar-refractivity contribution in [1.82, 2.24) is 10.3 Å². The molecule has 2 unspecified atom stereocenters. The highest BCUT2D eigenvalue weighted by Gasteiger charge is 2.25. The van der Waals surface area contributed by atoms with Crippen LogP contribution in [0, 0.1) is 6.92 Å². The number of piperazine rings is 1. The molecule has 0 amide bonds. The summed E-state index contributed by atoms with van der Waals surface area (Å²) in [6.45, 7) is 6.42. The fourth-order valence-electron chi connectivity index (χ4n) is 3.02. The topological polar surface area (TPSA) is 28.2 Å². The first kappa shape index (κ1) is 14.1. The van der Waals surface area contributed by atoms with E-state index in [4.69, 9.17) is 0 Å². The first-order valence-electron chi connectivity index (χ1n) is 7.68. The fourth-order valence-corrected chi connectivity index (χ4v) is 3.02. The minimum atomic E-state index is 0.490. The minimum absolute atomic E-state index is 0.490. The van der Waals surface area contributed by atoms with Gasteiger partial charge in [-0.3, -0.25) is 4.98 Å². The number of benzene rings is 1. The Morgan fingerprint density at radius 2 is 2.05 bits per heavy atom. The van der Waals surface area contributed by atoms with E-state index in [1.54, 1.807) is 0 Å². The Morgan fingerprint density at radius 1 is 1.24 bits per heavy atom. The molecule has 1 fully saturated rings. The largest absolute Gasteiger partial charge is 0.365 e. The lowest BCUT2D eigenvalue weighted by atomic mass is 10.0. The Hall–Kier alpha value is -1.87. The highest BCUT2D eigenvalue weighted by Crippen LogP contribution is 2.20. The molecule has 0 spiro atoms. The Labute approximate surface area is 127 Å². The Kier molecular flexibility index (Phi) is 4.20. The summed E-state index contributed by atoms with van der Waals surface area (Å²) in [6, 6.07) is 13.9. The zero-order valence-corrected chi connectivity index (χ0v) is 12.8. The Bertz CT molecular complexity index is 582. The van der Waals surface area contributed by atoms with E-state index in [-0.39, 0.29) is 0 Å². The smallest absolute Gasteiger partial charge is 0.0558 e. The molecule has 1 aromatic carbocycles. The molecule has 1 aromatic heterocycles. The van der Waals surface area contributed by atoms with E-state index in [0.29, 0.717) is 12.1 Å². The van der Waals surface area contributed by atoms with Crippen molar-refractivity contribution in [2.24, 2.45) is 0 Å². The lowest BCUT2D eigenvalue weighted by Crippen LogP contribution is -2.56. The quantitative estimate of drug-likeness (QED) is 0.937. The van der Waals surface area contributed by atoms with Crippen molar-refractivity contribution in [3.8, 4) is 0 Å². The van der Waals surface area contributed by atoms with Gasteiger partial charge in [0.15, 0.2) is 0 Å². The third-order valence-electron chi connectivity index (χ3n) is 4.17. The molecular weight excluding hydrogens is 258 g/mol. The molecule has 3 nitrogen and oxygen atoms in total. The average molecular weight is 281 g/mol. The van der Waals surface area contributed by atoms with Crippen LogP contribution in [0.25, 0.3) is 0 Å². The van der Waals surface area contributed by atoms with Gasteiger partial charge in [-0.1, -0.05) is 30.3 Å². The van der Waals surface area contributed by atoms with Crippen molar-refractivity contribution in [3.63, 3.8) is 0 Å². The van der Waals surface area contributed by atoms with Gasteiger partial charge in [0.05, 0.1) is 11.9 Å². The summed E-state index contributed by atoms with van der Waals surface area (Å²) in [6.07, 6.45) is 4.97. The lowest BCUT2D eigenvalue weighted by Gasteiger charge is -2.40. The van der Waals surface area contributed by atoms with Crippen LogP contribution >= 0.6 is 0 Å². The normalized spacial score (nSPS) is 22.3. The summed E-state index contributed by atoms with van der Waals surface area (Å²) < 4.78 is 0. The van der Waals surface area contributed by atoms with Crippen LogP contribution in [0.15, 0.2) is 48.8 Å². The maximum Gasteiger partial charge on any atom is 0.0558 e. The van der Waals surface area contributed by atoms with Crippen molar-refractivity contribution in [2.45, 2.75) is 32.4 Å². The predicted octanol–water partition coefficient (Wildman–Crippen LogP) is 2.80. The van der Waals surface area contributed by atoms with Gasteiger partial charge in [-0.25, -0.2) is 0 Å². The molecule has 21 heavy (non-hydrogen) atoms. The summed E-state index contributed by atoms with van der Waals surface area (Å²) in [7, 11) is 0. The number of aromatic nitrogens is 1. The zero-order chi connectivity index (χ0) is 14.7. The van der Waals surface area contributed by atoms with Crippen LogP contribution in [0.2, 0.25) is 0 Å². The summed E-state index contributed by atoms with van der Waals surface area (Å²) in [5, 5.41) is 3.67. The van der Waals surface area contributed by atoms with Gasteiger partial charge in [-0.15, -0.1) is 0 Å². The first-order chi connectivity index (χ1) is 10.2. The van der Waals surface area contributed by atoms with Crippen molar-refractivity contribution in [1.29, 1.82) is 0 Å². The van der Waals surface area contributed by atoms with Crippen LogP contribution < -0.4 is 10.2 Å². The second-order valence-electron chi connectivity index (χ2n) is 6.02. The zero-order valence-electron chi connectivity index (χ0n) is 12.8. The number of nitrogens with one attached hydrogen (secondary N) is 1. The fraction of sp³-hybridized carbons (Fsp3) is 0.389. The van der Waals surface area contributed by atoms with Gasteiger partial charge >= 0.3 is 0 Å². The molecule has 0 aliphatic carbocycles. The number of nitrogens with zero attached hydrogens (tertiary/aromatic N) is 2. The molecule has 0 saturated carbocycles. The molecule has 2 heterocycles. The van der Waals surface area contributed by atoms with Crippen molar-refractivity contribution in [3.05, 3.63) is 59.9 Å². The monoisotopic (exact) mass is 281 g/mol. The second-order valence-corrected chi connectivity index (χ2v) is 6.02. The van der Waals surface area contributed by atoms with Crippen molar-refractivity contribution in [2.75, 3.05) is 18.0 Å². The van der Waals surface area contributed by atoms with E-state index >= 15 is 0 Å². The summed E-state index contributed by atoms with van der Waals surface area (Å²) in [5.41, 5.74) is 3.85. The molecule has 2 aromatic rings. The minimum Gasteiger partial charge on any atom is -0.365 e. The second kappa shape index (κ2) is 6.27. The van der Waals surface area contributed by atoms with Crippen LogP contribution in [-0.4, -0.2) is 30.2 Å². The van der Waals surface area contributed by atoms with E-state index in [2.05, 4.69) is 65.4 Å². The lowest BCUT2D eigenvalue weighted by molar-refractivity contribution is 0.403. The third kappa shape index (κ3) is 3.42. The van der Waals surface area contributed by atoms with Gasteiger partial charge in [0.2, 0.25) is 0 Å². The van der Waals surface area contributed by atoms with E-state index in [1.807, 2.05) is 12.4 Å². The third-order valence-corrected chi connectivity index (χ3v) is 4.17. The molecule has 0 bridgehead atoms. The Balaban J connectivity index is 1.73. The highest BCUT2D eigenvalue weighted by molar-refractivity contribution is 5.47. The molecule has 3 heteroatoms. The molecule has 110 valence electrons. The number of rotatable bonds is 3. The van der Waals surface area contributed by atoms with Gasteiger partial charge in [-0.2, -0.15) is 0 Å². The van der Waals surface area contributed by atoms with Crippen LogP contribution in [0.5, 0.6) is 0 Å². The van der Waals surface area contributed by atoms with Crippen LogP contribution in [-0.2, 0) is 6.42 Å². The first-order valence-corrected chi connectivity index (χ1v) is 7.68. The van der Waals surface area contributed by atoms with Gasteiger partial charge in [0.1, 0.15) is 0 Å². The predicted molar refractivity (Wildman–Crippen MR) is 87.7 cm³/mol. The van der Waals surface area contributed by atoms with Crippen molar-refractivity contribution < 1.29 is 0 Å². The van der Waals surface area contributed by atoms with Crippen LogP contribution in [0.3, 0.4) is 0 Å². The summed E-state index contributed by atoms with van der Waals surface area (Å²) in [5.74, 6) is 0. The van der Waals surface area contributed by atoms with Gasteiger partial charge in [-0.05, 0) is 37.5 Å². The average Bonchev–Trinajstić information content (AvgIpc) is 2.50. The summed E-state index contributed by atoms with van der Waals surface area (Å²) in [4.78, 5) is 6.82. The number of hydrogen-bond acceptors (Lipinski definition) is 3. The maximum atomic E-state index is 4.34. The number of aryl methyl sites for hydroxylation is 1. The summed E-state index contributed by atoms with van der Waals surface area (Å²) >= 11 is 0. The number of anilines is 1. The standard InChI is InChI=1S/C18H23N3/c1-14-8-18(12-19-10-14)21-13-17(20-11-15(21)2)9-16-6-4-3-5-7-16/h3-8,10,12,15,17,20H,9,11,13H2,1-2H3. The molecule has 0 radical (unpaired) electrons. The number of hydrogen-bond donors (Lipinski definition) is 1. The molecule has 1 N–H and O–H groups in total. The molecule has 2 atom stereocenters. The Morgan fingerprint density at radius 3 is 2.81 bits per heavy atom. The van der Waals surface area contributed by atoms with Crippen LogP contribution in [0.1, 0.15) is 18.1 Å². The maximum absolute atomic E-state index is 4.34. The van der Waals surface area contributed by atoms with E-state index < -0.39 is 0 Å². The molecule has 3 rings (SSSR count). The van der Waals surface area contributed by atoms with Gasteiger partial charge in [0, 0.05) is 31.4 Å². The number of pyridine rings is 1. The SMILES string of the molecule is Cc1cncc(N2CC(Cc3ccccc3)NCC2C)c1. The van der Waals surface area contributed by atoms with Crippen LogP contribution in [0.4, 0.5) is 5.69 Å². The van der Waals surface area contributed by atoms with Gasteiger partial charge in [0.25, 0.3) is 0 Å². The molecule has 1 aliphatic rings. The molecule has 1 aliphatic heterocycles. The molecular formula is C18H23N3.